The Morgan fingerprint density at radius 2 is 1.84 bits per heavy atom. The molecule has 230 valence electrons. The number of nitrogens with zero attached hydrogens (tertiary/aromatic N) is 5. The Balaban J connectivity index is 0.000000541. The number of fused-ring (bicyclic) bond motifs is 1. The van der Waals surface area contributed by atoms with Crippen LogP contribution in [0.4, 0.5) is 13.2 Å². The second-order valence-electron chi connectivity index (χ2n) is 10.0. The van der Waals surface area contributed by atoms with Crippen molar-refractivity contribution in [2.75, 3.05) is 26.8 Å². The van der Waals surface area contributed by atoms with E-state index in [0.29, 0.717) is 54.5 Å². The summed E-state index contributed by atoms with van der Waals surface area (Å²) in [4.78, 5) is 29.1. The fourth-order valence-corrected chi connectivity index (χ4v) is 5.00. The summed E-state index contributed by atoms with van der Waals surface area (Å²) in [7, 11) is 1.66. The second kappa shape index (κ2) is 14.6. The number of benzene rings is 2. The van der Waals surface area contributed by atoms with Crippen molar-refractivity contribution in [3.05, 3.63) is 86.9 Å². The lowest BCUT2D eigenvalue weighted by Gasteiger charge is -2.24. The number of halogens is 4. The van der Waals surface area contributed by atoms with Crippen molar-refractivity contribution in [2.45, 2.75) is 50.9 Å². The molecule has 0 aliphatic carbocycles. The van der Waals surface area contributed by atoms with E-state index in [1.54, 1.807) is 11.8 Å². The molecular weight excluding hydrogens is 591 g/mol. The number of methoxy groups -OCH3 is 1. The molecule has 43 heavy (non-hydrogen) atoms. The molecule has 4 aromatic rings. The first kappa shape index (κ1) is 32.1. The van der Waals surface area contributed by atoms with Crippen molar-refractivity contribution in [3.63, 3.8) is 0 Å². The number of carboxylic acids is 1. The Hall–Kier alpha value is -3.81. The largest absolute Gasteiger partial charge is 0.490 e. The second-order valence-corrected chi connectivity index (χ2v) is 10.5. The fraction of sp³-hybridized carbons (Fsp3) is 0.414. The number of likely N-dealkylation sites (tertiary alicyclic amines) is 1. The minimum Gasteiger partial charge on any atom is -0.475 e. The molecule has 1 saturated heterocycles. The van der Waals surface area contributed by atoms with Gasteiger partial charge in [0.25, 0.3) is 5.56 Å². The molecule has 1 N–H and O–H groups in total. The normalized spacial score (nSPS) is 15.4. The molecule has 14 heteroatoms. The molecule has 10 nitrogen and oxygen atoms in total. The summed E-state index contributed by atoms with van der Waals surface area (Å²) in [6.45, 7) is 2.91. The quantitative estimate of drug-likeness (QED) is 0.272. The monoisotopic (exact) mass is 621 g/mol. The first-order chi connectivity index (χ1) is 20.5. The molecule has 1 aliphatic rings. The van der Waals surface area contributed by atoms with Crippen LogP contribution in [0.3, 0.4) is 0 Å². The van der Waals surface area contributed by atoms with Crippen molar-refractivity contribution in [2.24, 2.45) is 0 Å². The average molecular weight is 622 g/mol. The molecule has 0 amide bonds. The number of hydrogen-bond acceptors (Lipinski definition) is 8. The summed E-state index contributed by atoms with van der Waals surface area (Å²) in [6, 6.07) is 15.7. The van der Waals surface area contributed by atoms with Crippen LogP contribution in [-0.4, -0.2) is 74.9 Å². The smallest absolute Gasteiger partial charge is 0.475 e. The van der Waals surface area contributed by atoms with Gasteiger partial charge in [-0.2, -0.15) is 23.3 Å². The van der Waals surface area contributed by atoms with Crippen LogP contribution in [0.2, 0.25) is 5.02 Å². The van der Waals surface area contributed by atoms with Gasteiger partial charge < -0.3 is 14.4 Å². The van der Waals surface area contributed by atoms with Crippen LogP contribution in [0.25, 0.3) is 10.8 Å². The van der Waals surface area contributed by atoms with Gasteiger partial charge in [-0.25, -0.2) is 9.48 Å². The summed E-state index contributed by atoms with van der Waals surface area (Å²) in [5, 5.41) is 18.3. The SMILES string of the molecule is COCCc1noc(CCN2CCCC2Cn2nc(Cc3ccc(Cl)cc3)c3ccccc3c2=O)n1.O=C(O)C(F)(F)F. The minimum atomic E-state index is -5.08. The average Bonchev–Trinajstić information content (AvgIpc) is 3.63. The van der Waals surface area contributed by atoms with Crippen LogP contribution in [0.15, 0.2) is 57.8 Å². The highest BCUT2D eigenvalue weighted by Gasteiger charge is 2.38. The standard InChI is InChI=1S/C27H30ClN5O3.C2HF3O2/c1-35-16-13-25-29-26(36-31-25)12-15-32-14-4-5-21(32)18-33-27(34)23-7-3-2-6-22(23)24(30-33)17-19-8-10-20(28)11-9-19;3-2(4,5)1(6)7/h2-3,6-11,21H,4-5,12-18H2,1H3;(H,6,7). The molecule has 1 unspecified atom stereocenters. The van der Waals surface area contributed by atoms with Crippen LogP contribution in [0.5, 0.6) is 0 Å². The van der Waals surface area contributed by atoms with Crippen LogP contribution < -0.4 is 5.56 Å². The van der Waals surface area contributed by atoms with Gasteiger partial charge >= 0.3 is 12.1 Å². The van der Waals surface area contributed by atoms with E-state index in [9.17, 15) is 18.0 Å². The van der Waals surface area contributed by atoms with E-state index in [0.717, 1.165) is 42.6 Å². The molecule has 2 aromatic carbocycles. The number of ether oxygens (including phenoxy) is 1. The summed E-state index contributed by atoms with van der Waals surface area (Å²) in [5.41, 5.74) is 1.96. The summed E-state index contributed by atoms with van der Waals surface area (Å²) < 4.78 is 43.9. The van der Waals surface area contributed by atoms with E-state index in [4.69, 9.17) is 35.9 Å². The number of rotatable bonds is 10. The van der Waals surface area contributed by atoms with Gasteiger partial charge in [-0.1, -0.05) is 47.1 Å². The topological polar surface area (TPSA) is 124 Å². The van der Waals surface area contributed by atoms with Crippen molar-refractivity contribution in [1.82, 2.24) is 24.8 Å². The van der Waals surface area contributed by atoms with E-state index in [1.165, 1.54) is 0 Å². The van der Waals surface area contributed by atoms with E-state index < -0.39 is 12.1 Å². The lowest BCUT2D eigenvalue weighted by atomic mass is 10.0. The van der Waals surface area contributed by atoms with Gasteiger partial charge in [0.05, 0.1) is 24.2 Å². The molecule has 0 radical (unpaired) electrons. The Morgan fingerprint density at radius 1 is 1.14 bits per heavy atom. The third-order valence-corrected chi connectivity index (χ3v) is 7.26. The lowest BCUT2D eigenvalue weighted by molar-refractivity contribution is -0.192. The molecule has 1 fully saturated rings. The molecule has 3 heterocycles. The molecule has 1 atom stereocenters. The molecular formula is C29H31ClF3N5O5. The van der Waals surface area contributed by atoms with Gasteiger partial charge in [0.2, 0.25) is 5.89 Å². The van der Waals surface area contributed by atoms with Crippen molar-refractivity contribution >= 4 is 28.3 Å². The van der Waals surface area contributed by atoms with E-state index in [2.05, 4.69) is 15.0 Å². The van der Waals surface area contributed by atoms with Crippen molar-refractivity contribution in [1.29, 1.82) is 0 Å². The van der Waals surface area contributed by atoms with Gasteiger partial charge in [-0.3, -0.25) is 9.69 Å². The van der Waals surface area contributed by atoms with Gasteiger partial charge in [-0.15, -0.1) is 0 Å². The highest BCUT2D eigenvalue weighted by molar-refractivity contribution is 6.30. The zero-order chi connectivity index (χ0) is 31.0. The van der Waals surface area contributed by atoms with Gasteiger partial charge in [0.15, 0.2) is 5.82 Å². The number of alkyl halides is 3. The maximum absolute atomic E-state index is 13.4. The van der Waals surface area contributed by atoms with Crippen LogP contribution in [-0.2, 0) is 35.3 Å². The Labute approximate surface area is 250 Å². The Morgan fingerprint density at radius 3 is 2.51 bits per heavy atom. The van der Waals surface area contributed by atoms with Crippen LogP contribution >= 0.6 is 11.6 Å². The predicted octanol–water partition coefficient (Wildman–Crippen LogP) is 4.55. The summed E-state index contributed by atoms with van der Waals surface area (Å²) in [6.07, 6.45) is -1.02. The van der Waals surface area contributed by atoms with Crippen LogP contribution in [0.1, 0.15) is 35.8 Å². The Bertz CT molecular complexity index is 1580. The predicted molar refractivity (Wildman–Crippen MR) is 152 cm³/mol. The maximum Gasteiger partial charge on any atom is 0.490 e. The highest BCUT2D eigenvalue weighted by atomic mass is 35.5. The van der Waals surface area contributed by atoms with Crippen molar-refractivity contribution in [3.8, 4) is 0 Å². The fourth-order valence-electron chi connectivity index (χ4n) is 4.88. The van der Waals surface area contributed by atoms with E-state index in [1.807, 2.05) is 48.5 Å². The number of aromatic nitrogens is 4. The molecule has 5 rings (SSSR count). The molecule has 0 saturated carbocycles. The van der Waals surface area contributed by atoms with Gasteiger partial charge in [-0.05, 0) is 43.1 Å². The molecule has 2 aromatic heterocycles. The summed E-state index contributed by atoms with van der Waals surface area (Å²) in [5.74, 6) is -1.45. The van der Waals surface area contributed by atoms with Crippen molar-refractivity contribution < 1.29 is 32.3 Å². The highest BCUT2D eigenvalue weighted by Crippen LogP contribution is 2.22. The Kier molecular flexibility index (Phi) is 10.9. The van der Waals surface area contributed by atoms with Gasteiger partial charge in [0.1, 0.15) is 0 Å². The lowest BCUT2D eigenvalue weighted by Crippen LogP contribution is -2.38. The molecule has 0 bridgehead atoms. The molecule has 0 spiro atoms. The number of carboxylic acid groups (broad SMARTS) is 1. The minimum absolute atomic E-state index is 0.0445. The zero-order valence-electron chi connectivity index (χ0n) is 23.4. The summed E-state index contributed by atoms with van der Waals surface area (Å²) >= 11 is 6.07. The third kappa shape index (κ3) is 8.85. The van der Waals surface area contributed by atoms with Gasteiger partial charge in [0, 0.05) is 49.4 Å². The first-order valence-electron chi connectivity index (χ1n) is 13.6. The first-order valence-corrected chi connectivity index (χ1v) is 14.0. The maximum atomic E-state index is 13.4. The number of aliphatic carboxylic acids is 1. The van der Waals surface area contributed by atoms with Crippen LogP contribution in [0, 0.1) is 0 Å². The number of carbonyl (C=O) groups is 1. The van der Waals surface area contributed by atoms with E-state index >= 15 is 0 Å². The third-order valence-electron chi connectivity index (χ3n) is 7.01. The zero-order valence-corrected chi connectivity index (χ0v) is 24.1. The van der Waals surface area contributed by atoms with E-state index in [-0.39, 0.29) is 11.6 Å². The molecule has 1 aliphatic heterocycles. The number of hydrogen-bond donors (Lipinski definition) is 1.